The minimum atomic E-state index is 0.755. The third kappa shape index (κ3) is 2.05. The molecule has 0 aliphatic carbocycles. The minimum absolute atomic E-state index is 0.755. The van der Waals surface area contributed by atoms with Crippen molar-refractivity contribution in [3.05, 3.63) is 0 Å². The molecule has 8 heavy (non-hydrogen) atoms. The topological polar surface area (TPSA) is 12.0 Å². The predicted molar refractivity (Wildman–Crippen MR) is 39.4 cm³/mol. The molecule has 0 aromatic heterocycles. The molecule has 1 N–H and O–H groups in total. The number of hydrogen-bond donors (Lipinski definition) is 1. The summed E-state index contributed by atoms with van der Waals surface area (Å²) in [7, 11) is 0. The van der Waals surface area contributed by atoms with Crippen LogP contribution < -0.4 is 5.32 Å². The molecule has 1 rings (SSSR count). The minimum Gasteiger partial charge on any atom is -0.313 e. The predicted octanol–water partition coefficient (Wildman–Crippen LogP) is 1.10. The van der Waals surface area contributed by atoms with Gasteiger partial charge in [0, 0.05) is 18.3 Å². The maximum atomic E-state index is 3.42. The van der Waals surface area contributed by atoms with Gasteiger partial charge < -0.3 is 5.32 Å². The van der Waals surface area contributed by atoms with Crippen LogP contribution in [0, 0.1) is 0 Å². The van der Waals surface area contributed by atoms with E-state index < -0.39 is 0 Å². The Kier molecular flexibility index (Phi) is 2.70. The Bertz CT molecular complexity index is 57.5. The standard InChI is InChI=1S/C6H13NS/c1-6-2-4-8-5-3-7-6/h6-7H,2-5H2,1H3/t6-/m1/s1. The molecule has 0 unspecified atom stereocenters. The summed E-state index contributed by atoms with van der Waals surface area (Å²) in [6.45, 7) is 3.46. The molecule has 1 aliphatic rings. The van der Waals surface area contributed by atoms with E-state index in [2.05, 4.69) is 24.0 Å². The van der Waals surface area contributed by atoms with Crippen LogP contribution in [0.3, 0.4) is 0 Å². The smallest absolute Gasteiger partial charge is 0.00582 e. The van der Waals surface area contributed by atoms with E-state index in [9.17, 15) is 0 Å². The number of nitrogens with one attached hydrogen (secondary N) is 1. The van der Waals surface area contributed by atoms with Crippen LogP contribution >= 0.6 is 11.8 Å². The van der Waals surface area contributed by atoms with Gasteiger partial charge in [-0.25, -0.2) is 0 Å². The molecule has 1 fully saturated rings. The highest BCUT2D eigenvalue weighted by atomic mass is 32.2. The molecule has 0 spiro atoms. The zero-order valence-corrected chi connectivity index (χ0v) is 6.13. The van der Waals surface area contributed by atoms with Gasteiger partial charge >= 0.3 is 0 Å². The molecule has 2 heteroatoms. The van der Waals surface area contributed by atoms with Gasteiger partial charge in [-0.15, -0.1) is 0 Å². The Morgan fingerprint density at radius 2 is 2.38 bits per heavy atom. The summed E-state index contributed by atoms with van der Waals surface area (Å²) in [4.78, 5) is 0. The first-order valence-electron chi connectivity index (χ1n) is 3.21. The van der Waals surface area contributed by atoms with Crippen LogP contribution in [0.1, 0.15) is 13.3 Å². The van der Waals surface area contributed by atoms with Crippen molar-refractivity contribution in [1.29, 1.82) is 0 Å². The molecule has 0 saturated carbocycles. The van der Waals surface area contributed by atoms with Gasteiger partial charge in [0.1, 0.15) is 0 Å². The van der Waals surface area contributed by atoms with Gasteiger partial charge in [-0.05, 0) is 19.1 Å². The second-order valence-electron chi connectivity index (χ2n) is 2.26. The van der Waals surface area contributed by atoms with Crippen LogP contribution in [-0.2, 0) is 0 Å². The monoisotopic (exact) mass is 131 g/mol. The van der Waals surface area contributed by atoms with Crippen molar-refractivity contribution in [3.63, 3.8) is 0 Å². The van der Waals surface area contributed by atoms with E-state index >= 15 is 0 Å². The van der Waals surface area contributed by atoms with Crippen molar-refractivity contribution in [2.45, 2.75) is 19.4 Å². The Balaban J connectivity index is 2.17. The summed E-state index contributed by atoms with van der Waals surface area (Å²) in [6, 6.07) is 0.755. The molecule has 1 saturated heterocycles. The van der Waals surface area contributed by atoms with Crippen LogP contribution in [0.5, 0.6) is 0 Å². The normalized spacial score (nSPS) is 31.9. The fourth-order valence-electron chi connectivity index (χ4n) is 0.842. The van der Waals surface area contributed by atoms with Gasteiger partial charge in [0.05, 0.1) is 0 Å². The molecular weight excluding hydrogens is 118 g/mol. The van der Waals surface area contributed by atoms with Gasteiger partial charge in [0.15, 0.2) is 0 Å². The van der Waals surface area contributed by atoms with Crippen molar-refractivity contribution < 1.29 is 0 Å². The number of thioether (sulfide) groups is 1. The Morgan fingerprint density at radius 3 is 3.25 bits per heavy atom. The Morgan fingerprint density at radius 1 is 1.50 bits per heavy atom. The lowest BCUT2D eigenvalue weighted by Gasteiger charge is -2.05. The number of hydrogen-bond acceptors (Lipinski definition) is 2. The van der Waals surface area contributed by atoms with Gasteiger partial charge in [0.2, 0.25) is 0 Å². The molecule has 48 valence electrons. The second kappa shape index (κ2) is 3.36. The third-order valence-corrected chi connectivity index (χ3v) is 2.45. The zero-order chi connectivity index (χ0) is 5.82. The fourth-order valence-corrected chi connectivity index (χ4v) is 1.83. The maximum Gasteiger partial charge on any atom is 0.00582 e. The van der Waals surface area contributed by atoms with Gasteiger partial charge in [-0.3, -0.25) is 0 Å². The van der Waals surface area contributed by atoms with Crippen LogP contribution in [0.4, 0.5) is 0 Å². The van der Waals surface area contributed by atoms with E-state index in [0.29, 0.717) is 0 Å². The highest BCUT2D eigenvalue weighted by Gasteiger charge is 2.03. The molecule has 1 heterocycles. The molecule has 1 nitrogen and oxygen atoms in total. The summed E-state index contributed by atoms with van der Waals surface area (Å²) >= 11 is 2.06. The SMILES string of the molecule is C[C@@H]1CCSCCN1. The second-order valence-corrected chi connectivity index (χ2v) is 3.48. The molecule has 0 amide bonds. The third-order valence-electron chi connectivity index (χ3n) is 1.43. The van der Waals surface area contributed by atoms with Crippen LogP contribution in [0.15, 0.2) is 0 Å². The molecule has 1 atom stereocenters. The summed E-state index contributed by atoms with van der Waals surface area (Å²) in [5.41, 5.74) is 0. The quantitative estimate of drug-likeness (QED) is 0.528. The molecule has 1 aliphatic heterocycles. The average molecular weight is 131 g/mol. The lowest BCUT2D eigenvalue weighted by Crippen LogP contribution is -2.25. The average Bonchev–Trinajstić information content (AvgIpc) is 1.94. The Hall–Kier alpha value is 0.310. The first-order valence-corrected chi connectivity index (χ1v) is 4.36. The number of rotatable bonds is 0. The van der Waals surface area contributed by atoms with Gasteiger partial charge in [-0.2, -0.15) is 11.8 Å². The lowest BCUT2D eigenvalue weighted by molar-refractivity contribution is 0.567. The van der Waals surface area contributed by atoms with E-state index in [1.165, 1.54) is 24.5 Å². The van der Waals surface area contributed by atoms with Gasteiger partial charge in [-0.1, -0.05) is 0 Å². The first-order chi connectivity index (χ1) is 3.89. The summed E-state index contributed by atoms with van der Waals surface area (Å²) < 4.78 is 0. The summed E-state index contributed by atoms with van der Waals surface area (Å²) in [5, 5.41) is 3.42. The van der Waals surface area contributed by atoms with E-state index in [1.807, 2.05) is 0 Å². The highest BCUT2D eigenvalue weighted by Crippen LogP contribution is 2.07. The summed E-state index contributed by atoms with van der Waals surface area (Å²) in [6.07, 6.45) is 1.34. The van der Waals surface area contributed by atoms with E-state index in [4.69, 9.17) is 0 Å². The van der Waals surface area contributed by atoms with Crippen LogP contribution in [-0.4, -0.2) is 24.1 Å². The van der Waals surface area contributed by atoms with Crippen molar-refractivity contribution in [1.82, 2.24) is 5.32 Å². The Labute approximate surface area is 55.2 Å². The van der Waals surface area contributed by atoms with Crippen molar-refractivity contribution in [3.8, 4) is 0 Å². The molecule has 0 aromatic carbocycles. The molecule has 0 radical (unpaired) electrons. The maximum absolute atomic E-state index is 3.42. The molecular formula is C6H13NS. The van der Waals surface area contributed by atoms with Crippen LogP contribution in [0.25, 0.3) is 0 Å². The molecule has 0 aromatic rings. The van der Waals surface area contributed by atoms with Crippen LogP contribution in [0.2, 0.25) is 0 Å². The summed E-state index contributed by atoms with van der Waals surface area (Å²) in [5.74, 6) is 2.64. The zero-order valence-electron chi connectivity index (χ0n) is 5.31. The van der Waals surface area contributed by atoms with Crippen molar-refractivity contribution >= 4 is 11.8 Å². The first kappa shape index (κ1) is 6.43. The lowest BCUT2D eigenvalue weighted by atomic mass is 10.3. The van der Waals surface area contributed by atoms with E-state index in [1.54, 1.807) is 0 Å². The molecule has 0 bridgehead atoms. The fraction of sp³-hybridized carbons (Fsp3) is 1.00. The van der Waals surface area contributed by atoms with Gasteiger partial charge in [0.25, 0.3) is 0 Å². The van der Waals surface area contributed by atoms with Crippen molar-refractivity contribution in [2.24, 2.45) is 0 Å². The van der Waals surface area contributed by atoms with Crippen molar-refractivity contribution in [2.75, 3.05) is 18.1 Å². The van der Waals surface area contributed by atoms with E-state index in [-0.39, 0.29) is 0 Å². The highest BCUT2D eigenvalue weighted by molar-refractivity contribution is 7.99. The van der Waals surface area contributed by atoms with E-state index in [0.717, 1.165) is 6.04 Å². The largest absolute Gasteiger partial charge is 0.313 e.